The minimum atomic E-state index is -0.159. The molecule has 0 fully saturated rings. The van der Waals surface area contributed by atoms with Crippen LogP contribution in [0.1, 0.15) is 23.9 Å². The quantitative estimate of drug-likeness (QED) is 0.691. The number of aromatic nitrogens is 4. The largest absolute Gasteiger partial charge is 0.439 e. The second kappa shape index (κ2) is 5.46. The van der Waals surface area contributed by atoms with E-state index in [-0.39, 0.29) is 5.38 Å². The van der Waals surface area contributed by atoms with Gasteiger partial charge in [-0.05, 0) is 6.92 Å². The number of benzene rings is 1. The number of rotatable bonds is 4. The van der Waals surface area contributed by atoms with Crippen LogP contribution in [-0.2, 0) is 6.54 Å². The predicted molar refractivity (Wildman–Crippen MR) is 75.3 cm³/mol. The Kier molecular flexibility index (Phi) is 3.52. The van der Waals surface area contributed by atoms with Gasteiger partial charge >= 0.3 is 0 Å². The molecule has 0 spiro atoms. The highest BCUT2D eigenvalue weighted by Gasteiger charge is 2.10. The summed E-state index contributed by atoms with van der Waals surface area (Å²) >= 11 is 5.95. The number of halogens is 1. The van der Waals surface area contributed by atoms with E-state index in [0.29, 0.717) is 12.4 Å². The number of alkyl halides is 1. The van der Waals surface area contributed by atoms with Crippen molar-refractivity contribution in [2.24, 2.45) is 0 Å². The normalized spacial score (nSPS) is 12.5. The van der Waals surface area contributed by atoms with Gasteiger partial charge in [-0.25, -0.2) is 9.67 Å². The van der Waals surface area contributed by atoms with Gasteiger partial charge in [0, 0.05) is 5.56 Å². The van der Waals surface area contributed by atoms with E-state index >= 15 is 0 Å². The SMILES string of the molecule is CC(Cl)c1cn(Cc2ncc(-c3ccccc3)o2)nn1. The molecule has 1 atom stereocenters. The summed E-state index contributed by atoms with van der Waals surface area (Å²) in [7, 11) is 0. The van der Waals surface area contributed by atoms with Crippen LogP contribution in [0.4, 0.5) is 0 Å². The minimum Gasteiger partial charge on any atom is -0.439 e. The minimum absolute atomic E-state index is 0.159. The summed E-state index contributed by atoms with van der Waals surface area (Å²) in [5.74, 6) is 1.33. The molecule has 0 bridgehead atoms. The average Bonchev–Trinajstić information content (AvgIpc) is 3.10. The summed E-state index contributed by atoms with van der Waals surface area (Å²) in [6.45, 7) is 2.29. The average molecular weight is 289 g/mol. The summed E-state index contributed by atoms with van der Waals surface area (Å²) in [5, 5.41) is 7.83. The van der Waals surface area contributed by atoms with Crippen molar-refractivity contribution in [3.05, 3.63) is 54.3 Å². The third-order valence-electron chi connectivity index (χ3n) is 2.87. The zero-order chi connectivity index (χ0) is 13.9. The second-order valence-corrected chi connectivity index (χ2v) is 5.10. The molecule has 2 heterocycles. The van der Waals surface area contributed by atoms with Gasteiger partial charge in [-0.2, -0.15) is 0 Å². The van der Waals surface area contributed by atoms with Gasteiger partial charge < -0.3 is 4.42 Å². The molecular weight excluding hydrogens is 276 g/mol. The van der Waals surface area contributed by atoms with E-state index in [1.165, 1.54) is 0 Å². The van der Waals surface area contributed by atoms with Crippen LogP contribution < -0.4 is 0 Å². The monoisotopic (exact) mass is 288 g/mol. The van der Waals surface area contributed by atoms with Crippen LogP contribution in [0.15, 0.2) is 47.1 Å². The molecule has 2 aromatic heterocycles. The summed E-state index contributed by atoms with van der Waals surface area (Å²) in [4.78, 5) is 4.25. The van der Waals surface area contributed by atoms with Crippen LogP contribution in [0, 0.1) is 0 Å². The molecule has 0 saturated carbocycles. The van der Waals surface area contributed by atoms with Crippen LogP contribution in [0.5, 0.6) is 0 Å². The molecule has 5 nitrogen and oxygen atoms in total. The number of nitrogens with zero attached hydrogens (tertiary/aromatic N) is 4. The molecule has 20 heavy (non-hydrogen) atoms. The van der Waals surface area contributed by atoms with Crippen LogP contribution in [0.2, 0.25) is 0 Å². The molecule has 0 N–H and O–H groups in total. The Balaban J connectivity index is 1.77. The third-order valence-corrected chi connectivity index (χ3v) is 3.10. The zero-order valence-electron chi connectivity index (χ0n) is 10.9. The highest BCUT2D eigenvalue weighted by atomic mass is 35.5. The molecule has 0 aliphatic carbocycles. The van der Waals surface area contributed by atoms with E-state index in [0.717, 1.165) is 17.0 Å². The van der Waals surface area contributed by atoms with Gasteiger partial charge in [0.05, 0.1) is 17.8 Å². The molecule has 0 radical (unpaired) electrons. The van der Waals surface area contributed by atoms with E-state index in [4.69, 9.17) is 16.0 Å². The fourth-order valence-electron chi connectivity index (χ4n) is 1.83. The smallest absolute Gasteiger partial charge is 0.216 e. The highest BCUT2D eigenvalue weighted by Crippen LogP contribution is 2.20. The molecular formula is C14H13ClN4O. The van der Waals surface area contributed by atoms with Crippen molar-refractivity contribution < 1.29 is 4.42 Å². The van der Waals surface area contributed by atoms with Gasteiger partial charge in [-0.1, -0.05) is 35.5 Å². The van der Waals surface area contributed by atoms with Crippen molar-refractivity contribution in [2.45, 2.75) is 18.8 Å². The Morgan fingerprint density at radius 1 is 1.30 bits per heavy atom. The van der Waals surface area contributed by atoms with Crippen LogP contribution in [0.25, 0.3) is 11.3 Å². The fraction of sp³-hybridized carbons (Fsp3) is 0.214. The van der Waals surface area contributed by atoms with Crippen molar-refractivity contribution in [3.8, 4) is 11.3 Å². The number of oxazole rings is 1. The molecule has 0 saturated heterocycles. The molecule has 6 heteroatoms. The molecule has 0 amide bonds. The van der Waals surface area contributed by atoms with Gasteiger partial charge in [-0.15, -0.1) is 16.7 Å². The summed E-state index contributed by atoms with van der Waals surface area (Å²) < 4.78 is 7.37. The van der Waals surface area contributed by atoms with Crippen LogP contribution in [0.3, 0.4) is 0 Å². The van der Waals surface area contributed by atoms with Crippen molar-refractivity contribution in [3.63, 3.8) is 0 Å². The summed E-state index contributed by atoms with van der Waals surface area (Å²) in [6, 6.07) is 9.84. The molecule has 0 aliphatic rings. The fourth-order valence-corrected chi connectivity index (χ4v) is 1.93. The van der Waals surface area contributed by atoms with E-state index < -0.39 is 0 Å². The lowest BCUT2D eigenvalue weighted by Crippen LogP contribution is -2.00. The Bertz CT molecular complexity index is 690. The molecule has 1 unspecified atom stereocenters. The Morgan fingerprint density at radius 3 is 2.80 bits per heavy atom. The maximum atomic E-state index is 5.95. The van der Waals surface area contributed by atoms with Gasteiger partial charge in [0.15, 0.2) is 5.76 Å². The van der Waals surface area contributed by atoms with Gasteiger partial charge in [-0.3, -0.25) is 0 Å². The first-order valence-electron chi connectivity index (χ1n) is 6.26. The lowest BCUT2D eigenvalue weighted by atomic mass is 10.2. The van der Waals surface area contributed by atoms with Crippen molar-refractivity contribution in [1.29, 1.82) is 0 Å². The van der Waals surface area contributed by atoms with E-state index in [1.54, 1.807) is 17.1 Å². The Morgan fingerprint density at radius 2 is 2.10 bits per heavy atom. The van der Waals surface area contributed by atoms with Gasteiger partial charge in [0.25, 0.3) is 0 Å². The molecule has 3 aromatic rings. The Labute approximate surface area is 121 Å². The lowest BCUT2D eigenvalue weighted by molar-refractivity contribution is 0.469. The van der Waals surface area contributed by atoms with Gasteiger partial charge in [0.1, 0.15) is 12.2 Å². The first-order chi connectivity index (χ1) is 9.72. The maximum absolute atomic E-state index is 5.95. The van der Waals surface area contributed by atoms with Crippen molar-refractivity contribution in [1.82, 2.24) is 20.0 Å². The summed E-state index contributed by atoms with van der Waals surface area (Å²) in [5.41, 5.74) is 1.74. The first kappa shape index (κ1) is 12.9. The molecule has 0 aliphatic heterocycles. The Hall–Kier alpha value is -2.14. The highest BCUT2D eigenvalue weighted by molar-refractivity contribution is 6.20. The van der Waals surface area contributed by atoms with Crippen molar-refractivity contribution >= 4 is 11.6 Å². The standard InChI is InChI=1S/C14H13ClN4O/c1-10(15)12-8-19(18-17-12)9-14-16-7-13(20-14)11-5-3-2-4-6-11/h2-8,10H,9H2,1H3. The maximum Gasteiger partial charge on any atom is 0.216 e. The first-order valence-corrected chi connectivity index (χ1v) is 6.70. The molecule has 3 rings (SSSR count). The number of hydrogen-bond donors (Lipinski definition) is 0. The van der Waals surface area contributed by atoms with Crippen LogP contribution in [-0.4, -0.2) is 20.0 Å². The molecule has 1 aromatic carbocycles. The predicted octanol–water partition coefficient (Wildman–Crippen LogP) is 3.28. The third kappa shape index (κ3) is 2.72. The van der Waals surface area contributed by atoms with Gasteiger partial charge in [0.2, 0.25) is 5.89 Å². The van der Waals surface area contributed by atoms with E-state index in [2.05, 4.69) is 15.3 Å². The number of hydrogen-bond acceptors (Lipinski definition) is 4. The zero-order valence-corrected chi connectivity index (χ0v) is 11.7. The van der Waals surface area contributed by atoms with E-state index in [1.807, 2.05) is 37.3 Å². The topological polar surface area (TPSA) is 56.7 Å². The summed E-state index contributed by atoms with van der Waals surface area (Å²) in [6.07, 6.45) is 3.51. The molecule has 102 valence electrons. The van der Waals surface area contributed by atoms with E-state index in [9.17, 15) is 0 Å². The lowest BCUT2D eigenvalue weighted by Gasteiger charge is -1.96. The van der Waals surface area contributed by atoms with Crippen LogP contribution >= 0.6 is 11.6 Å². The van der Waals surface area contributed by atoms with Crippen molar-refractivity contribution in [2.75, 3.05) is 0 Å². The second-order valence-electron chi connectivity index (χ2n) is 4.44.